The van der Waals surface area contributed by atoms with Gasteiger partial charge in [-0.15, -0.1) is 0 Å². The van der Waals surface area contributed by atoms with Gasteiger partial charge in [0.2, 0.25) is 0 Å². The van der Waals surface area contributed by atoms with E-state index >= 15 is 0 Å². The van der Waals surface area contributed by atoms with Crippen molar-refractivity contribution in [1.82, 2.24) is 0 Å². The molecule has 71 heavy (non-hydrogen) atoms. The summed E-state index contributed by atoms with van der Waals surface area (Å²) in [5.74, 6) is -1.07. The number of carbonyl (C=O) groups excluding carboxylic acids is 3. The first-order valence-corrected chi connectivity index (χ1v) is 28.4. The van der Waals surface area contributed by atoms with Crippen molar-refractivity contribution in [2.75, 3.05) is 13.2 Å². The van der Waals surface area contributed by atoms with Gasteiger partial charge in [-0.3, -0.25) is 14.4 Å². The van der Waals surface area contributed by atoms with Gasteiger partial charge in [0.1, 0.15) is 13.2 Å². The second-order valence-corrected chi connectivity index (χ2v) is 18.1. The highest BCUT2D eigenvalue weighted by Crippen LogP contribution is 2.12. The predicted octanol–water partition coefficient (Wildman–Crippen LogP) is 19.2. The molecule has 0 aromatic heterocycles. The summed E-state index contributed by atoms with van der Waals surface area (Å²) in [6.45, 7) is 6.29. The molecule has 6 heteroatoms. The molecule has 0 N–H and O–H groups in total. The minimum Gasteiger partial charge on any atom is -0.462 e. The number of rotatable bonds is 49. The van der Waals surface area contributed by atoms with Crippen LogP contribution in [0.25, 0.3) is 0 Å². The summed E-state index contributed by atoms with van der Waals surface area (Å²) < 4.78 is 16.7. The number of esters is 3. The quantitative estimate of drug-likeness (QED) is 0.0199. The predicted molar refractivity (Wildman–Crippen MR) is 306 cm³/mol. The molecule has 398 valence electrons. The van der Waals surface area contributed by atoms with Gasteiger partial charge < -0.3 is 14.2 Å². The van der Waals surface area contributed by atoms with Gasteiger partial charge >= 0.3 is 17.9 Å². The maximum Gasteiger partial charge on any atom is 0.306 e. The van der Waals surface area contributed by atoms with Crippen molar-refractivity contribution in [2.24, 2.45) is 0 Å². The maximum atomic E-state index is 12.9. The van der Waals surface area contributed by atoms with E-state index in [0.717, 1.165) is 135 Å². The van der Waals surface area contributed by atoms with Crippen LogP contribution in [0, 0.1) is 0 Å². The Balaban J connectivity index is 4.61. The molecule has 0 bridgehead atoms. The molecule has 0 rings (SSSR count). The molecule has 0 heterocycles. The molecule has 0 saturated carbocycles. The topological polar surface area (TPSA) is 78.9 Å². The summed E-state index contributed by atoms with van der Waals surface area (Å²) in [5, 5.41) is 0. The first kappa shape index (κ1) is 66.3. The number of ether oxygens (including phenoxy) is 3. The maximum absolute atomic E-state index is 12.9. The molecule has 0 aromatic carbocycles. The molecule has 1 atom stereocenters. The van der Waals surface area contributed by atoms with E-state index in [4.69, 9.17) is 14.2 Å². The standard InChI is InChI=1S/C65H102O6/c1-4-7-10-13-16-19-22-25-28-31-33-35-37-40-43-46-49-52-55-58-64(67)70-61-62(60-69-63(66)57-54-51-48-45-42-39-36-30-27-24-21-18-15-12-9-6-3)71-65(68)59-56-53-50-47-44-41-38-34-32-29-26-23-20-17-14-11-8-5-2/h7,9-10,12,16,18-19,21,25,27-30,32-35,38-40,42-43,49,52,62H,4-6,8,11,13-15,17,20,22-24,26,31,36-37,41,44-48,50-51,53-61H2,1-3H3/b10-7-,12-9-,19-16-,21-18-,28-25-,30-27-,32-29-,35-33-,38-34-,42-39-,43-40-,52-49-. The molecule has 0 aliphatic carbocycles. The third kappa shape index (κ3) is 56.1. The fraction of sp³-hybridized carbons (Fsp3) is 0.585. The molecular weight excluding hydrogens is 877 g/mol. The zero-order valence-corrected chi connectivity index (χ0v) is 45.4. The summed E-state index contributed by atoms with van der Waals surface area (Å²) in [7, 11) is 0. The highest BCUT2D eigenvalue weighted by atomic mass is 16.6. The Bertz CT molecular complexity index is 1590. The molecule has 0 fully saturated rings. The van der Waals surface area contributed by atoms with Crippen LogP contribution in [-0.2, 0) is 28.6 Å². The first-order valence-electron chi connectivity index (χ1n) is 28.4. The number of unbranched alkanes of at least 4 members (excludes halogenated alkanes) is 15. The highest BCUT2D eigenvalue weighted by molar-refractivity contribution is 5.71. The minimum absolute atomic E-state index is 0.130. The number of allylic oxidation sites excluding steroid dienone is 24. The summed E-state index contributed by atoms with van der Waals surface area (Å²) >= 11 is 0. The Morgan fingerprint density at radius 3 is 1.04 bits per heavy atom. The summed E-state index contributed by atoms with van der Waals surface area (Å²) in [5.41, 5.74) is 0. The third-order valence-corrected chi connectivity index (χ3v) is 11.4. The average molecular weight is 980 g/mol. The van der Waals surface area contributed by atoms with Crippen LogP contribution in [-0.4, -0.2) is 37.2 Å². The van der Waals surface area contributed by atoms with E-state index in [2.05, 4.69) is 154 Å². The van der Waals surface area contributed by atoms with Gasteiger partial charge in [0, 0.05) is 19.3 Å². The van der Waals surface area contributed by atoms with Gasteiger partial charge in [-0.2, -0.15) is 0 Å². The van der Waals surface area contributed by atoms with E-state index in [0.29, 0.717) is 12.8 Å². The molecule has 0 aromatic rings. The van der Waals surface area contributed by atoms with Crippen molar-refractivity contribution in [2.45, 2.75) is 232 Å². The minimum atomic E-state index is -0.837. The molecule has 6 nitrogen and oxygen atoms in total. The van der Waals surface area contributed by atoms with Crippen LogP contribution in [0.5, 0.6) is 0 Å². The molecule has 0 aliphatic heterocycles. The van der Waals surface area contributed by atoms with Crippen LogP contribution in [0.2, 0.25) is 0 Å². The lowest BCUT2D eigenvalue weighted by atomic mass is 10.1. The van der Waals surface area contributed by atoms with Crippen LogP contribution in [0.3, 0.4) is 0 Å². The zero-order chi connectivity index (χ0) is 51.4. The number of hydrogen-bond donors (Lipinski definition) is 0. The second-order valence-electron chi connectivity index (χ2n) is 18.1. The van der Waals surface area contributed by atoms with Crippen LogP contribution in [0.1, 0.15) is 226 Å². The highest BCUT2D eigenvalue weighted by Gasteiger charge is 2.19. The number of hydrogen-bond acceptors (Lipinski definition) is 6. The van der Waals surface area contributed by atoms with Crippen molar-refractivity contribution in [3.05, 3.63) is 146 Å². The average Bonchev–Trinajstić information content (AvgIpc) is 3.37. The van der Waals surface area contributed by atoms with Crippen molar-refractivity contribution >= 4 is 17.9 Å². The van der Waals surface area contributed by atoms with Crippen molar-refractivity contribution in [3.63, 3.8) is 0 Å². The Hall–Kier alpha value is -4.71. The monoisotopic (exact) mass is 979 g/mol. The molecule has 0 spiro atoms. The Morgan fingerprint density at radius 2 is 0.620 bits per heavy atom. The summed E-state index contributed by atoms with van der Waals surface area (Å²) in [4.78, 5) is 38.1. The van der Waals surface area contributed by atoms with Gasteiger partial charge in [-0.25, -0.2) is 0 Å². The van der Waals surface area contributed by atoms with E-state index < -0.39 is 6.10 Å². The van der Waals surface area contributed by atoms with Crippen molar-refractivity contribution in [1.29, 1.82) is 0 Å². The fourth-order valence-electron chi connectivity index (χ4n) is 7.15. The van der Waals surface area contributed by atoms with E-state index in [9.17, 15) is 14.4 Å². The SMILES string of the molecule is CC/C=C\C/C=C\C/C=C\C/C=C\C/C=C\C/C=C\CCC(=O)OCC(COC(=O)CCCCC/C=C\C/C=C\C/C=C\C/C=C\CC)OC(=O)CCCCCCC/C=C\C=C/CCCCCCCCC. The van der Waals surface area contributed by atoms with Crippen LogP contribution >= 0.6 is 0 Å². The molecule has 0 radical (unpaired) electrons. The van der Waals surface area contributed by atoms with Gasteiger partial charge in [0.15, 0.2) is 6.10 Å². The molecule has 0 aliphatic rings. The lowest BCUT2D eigenvalue weighted by Gasteiger charge is -2.18. The Morgan fingerprint density at radius 1 is 0.310 bits per heavy atom. The molecule has 0 saturated heterocycles. The van der Waals surface area contributed by atoms with Crippen LogP contribution in [0.4, 0.5) is 0 Å². The van der Waals surface area contributed by atoms with Crippen LogP contribution in [0.15, 0.2) is 146 Å². The molecule has 1 unspecified atom stereocenters. The van der Waals surface area contributed by atoms with Crippen LogP contribution < -0.4 is 0 Å². The lowest BCUT2D eigenvalue weighted by molar-refractivity contribution is -0.166. The van der Waals surface area contributed by atoms with E-state index in [1.165, 1.54) is 44.9 Å². The van der Waals surface area contributed by atoms with E-state index in [1.54, 1.807) is 0 Å². The zero-order valence-electron chi connectivity index (χ0n) is 45.4. The summed E-state index contributed by atoms with van der Waals surface area (Å²) in [6.07, 6.45) is 82.7. The smallest absolute Gasteiger partial charge is 0.306 e. The molecule has 0 amide bonds. The van der Waals surface area contributed by atoms with Gasteiger partial charge in [-0.05, 0) is 122 Å². The fourth-order valence-corrected chi connectivity index (χ4v) is 7.15. The summed E-state index contributed by atoms with van der Waals surface area (Å²) in [6, 6.07) is 0. The Labute approximate surface area is 436 Å². The van der Waals surface area contributed by atoms with Crippen molar-refractivity contribution in [3.8, 4) is 0 Å². The van der Waals surface area contributed by atoms with Crippen molar-refractivity contribution < 1.29 is 28.6 Å². The van der Waals surface area contributed by atoms with E-state index in [1.807, 2.05) is 12.2 Å². The number of carbonyl (C=O) groups is 3. The van der Waals surface area contributed by atoms with E-state index in [-0.39, 0.29) is 44.0 Å². The largest absolute Gasteiger partial charge is 0.462 e. The third-order valence-electron chi connectivity index (χ3n) is 11.4. The van der Waals surface area contributed by atoms with Gasteiger partial charge in [-0.1, -0.05) is 231 Å². The first-order chi connectivity index (χ1) is 35.0. The second kappa shape index (κ2) is 57.9. The lowest BCUT2D eigenvalue weighted by Crippen LogP contribution is -2.30. The normalized spacial score (nSPS) is 13.2. The Kier molecular flexibility index (Phi) is 54.0. The van der Waals surface area contributed by atoms with Gasteiger partial charge in [0.05, 0.1) is 0 Å². The van der Waals surface area contributed by atoms with Gasteiger partial charge in [0.25, 0.3) is 0 Å². The molecular formula is C65H102O6.